The molecule has 0 saturated carbocycles. The van der Waals surface area contributed by atoms with Crippen molar-refractivity contribution in [1.82, 2.24) is 9.21 Å². The summed E-state index contributed by atoms with van der Waals surface area (Å²) >= 11 is 8.03. The lowest BCUT2D eigenvalue weighted by atomic mass is 10.0. The van der Waals surface area contributed by atoms with Gasteiger partial charge in [0.25, 0.3) is 10.0 Å². The van der Waals surface area contributed by atoms with Crippen molar-refractivity contribution in [3.8, 4) is 0 Å². The van der Waals surface area contributed by atoms with Crippen molar-refractivity contribution in [2.24, 2.45) is 0 Å². The number of hydrogen-bond donors (Lipinski definition) is 1. The number of rotatable bonds is 6. The molecular weight excluding hydrogens is 538 g/mol. The summed E-state index contributed by atoms with van der Waals surface area (Å²) in [6, 6.07) is 2.00. The second kappa shape index (κ2) is 10.4. The van der Waals surface area contributed by atoms with E-state index >= 15 is 0 Å². The van der Waals surface area contributed by atoms with Crippen LogP contribution < -0.4 is 5.32 Å². The highest BCUT2D eigenvalue weighted by atomic mass is 35.5. The largest absolute Gasteiger partial charge is 0.465 e. The Hall–Kier alpha value is -2.19. The molecule has 10 nitrogen and oxygen atoms in total. The number of fused-ring (bicyclic) bond motifs is 1. The fourth-order valence-electron chi connectivity index (χ4n) is 4.22. The van der Waals surface area contributed by atoms with Crippen LogP contribution in [0, 0.1) is 0 Å². The summed E-state index contributed by atoms with van der Waals surface area (Å²) in [5, 5.41) is 3.05. The molecule has 190 valence electrons. The van der Waals surface area contributed by atoms with E-state index in [4.69, 9.17) is 21.1 Å². The van der Waals surface area contributed by atoms with Gasteiger partial charge in [-0.3, -0.25) is 4.79 Å². The first-order valence-electron chi connectivity index (χ1n) is 10.9. The van der Waals surface area contributed by atoms with Gasteiger partial charge in [0.1, 0.15) is 15.3 Å². The zero-order valence-electron chi connectivity index (χ0n) is 19.0. The van der Waals surface area contributed by atoms with Crippen LogP contribution in [0.25, 0.3) is 0 Å². The van der Waals surface area contributed by atoms with Gasteiger partial charge >= 0.3 is 12.1 Å². The molecule has 1 unspecified atom stereocenters. The van der Waals surface area contributed by atoms with Gasteiger partial charge in [0.15, 0.2) is 0 Å². The van der Waals surface area contributed by atoms with E-state index < -0.39 is 34.0 Å². The number of methoxy groups -OCH3 is 1. The number of ether oxygens (including phenoxy) is 2. The van der Waals surface area contributed by atoms with Crippen molar-refractivity contribution in [2.75, 3.05) is 32.1 Å². The molecule has 0 spiro atoms. The van der Waals surface area contributed by atoms with E-state index in [9.17, 15) is 22.8 Å². The first kappa shape index (κ1) is 25.9. The van der Waals surface area contributed by atoms with Crippen molar-refractivity contribution in [3.05, 3.63) is 32.5 Å². The Balaban J connectivity index is 1.59. The number of nitrogens with one attached hydrogen (secondary N) is 1. The molecule has 2 amide bonds. The predicted octanol–water partition coefficient (Wildman–Crippen LogP) is 3.56. The summed E-state index contributed by atoms with van der Waals surface area (Å²) in [5.74, 6) is -1.13. The lowest BCUT2D eigenvalue weighted by molar-refractivity contribution is -0.119. The molecule has 14 heteroatoms. The van der Waals surface area contributed by atoms with Crippen molar-refractivity contribution in [2.45, 2.75) is 43.0 Å². The van der Waals surface area contributed by atoms with Gasteiger partial charge in [-0.25, -0.2) is 18.0 Å². The van der Waals surface area contributed by atoms with Gasteiger partial charge in [-0.1, -0.05) is 11.6 Å². The Morgan fingerprint density at radius 2 is 2.00 bits per heavy atom. The maximum Gasteiger partial charge on any atom is 0.410 e. The topological polar surface area (TPSA) is 122 Å². The van der Waals surface area contributed by atoms with Crippen LogP contribution in [0.4, 0.5) is 9.80 Å². The van der Waals surface area contributed by atoms with Crippen molar-refractivity contribution >= 4 is 67.3 Å². The number of hydrogen-bond acceptors (Lipinski definition) is 9. The minimum Gasteiger partial charge on any atom is -0.465 e. The summed E-state index contributed by atoms with van der Waals surface area (Å²) in [4.78, 5) is 40.3. The first-order valence-corrected chi connectivity index (χ1v) is 14.3. The van der Waals surface area contributed by atoms with Gasteiger partial charge in [-0.05, 0) is 43.9 Å². The third kappa shape index (κ3) is 5.05. The van der Waals surface area contributed by atoms with Crippen molar-refractivity contribution in [3.63, 3.8) is 0 Å². The van der Waals surface area contributed by atoms with E-state index in [1.54, 1.807) is 6.92 Å². The SMILES string of the molecule is CCOC(=O)N1CCc2c(sc(NC(=O)C3CCCN3S(=O)(=O)c3ccc(Cl)s3)c2C(=O)OC)C1. The average Bonchev–Trinajstić information content (AvgIpc) is 3.56. The summed E-state index contributed by atoms with van der Waals surface area (Å²) < 4.78 is 37.9. The summed E-state index contributed by atoms with van der Waals surface area (Å²) in [5.41, 5.74) is 0.948. The molecule has 0 aromatic carbocycles. The van der Waals surface area contributed by atoms with E-state index in [-0.39, 0.29) is 34.5 Å². The molecule has 2 aliphatic rings. The second-order valence-electron chi connectivity index (χ2n) is 7.89. The van der Waals surface area contributed by atoms with Crippen LogP contribution >= 0.6 is 34.3 Å². The third-order valence-electron chi connectivity index (χ3n) is 5.83. The Kier molecular flexibility index (Phi) is 7.71. The highest BCUT2D eigenvalue weighted by molar-refractivity contribution is 7.91. The number of sulfonamides is 1. The Morgan fingerprint density at radius 3 is 2.66 bits per heavy atom. The molecule has 1 N–H and O–H groups in total. The number of carbonyl (C=O) groups is 3. The molecule has 0 radical (unpaired) electrons. The van der Waals surface area contributed by atoms with E-state index in [0.29, 0.717) is 35.7 Å². The predicted molar refractivity (Wildman–Crippen MR) is 132 cm³/mol. The smallest absolute Gasteiger partial charge is 0.410 e. The van der Waals surface area contributed by atoms with E-state index in [0.717, 1.165) is 16.2 Å². The van der Waals surface area contributed by atoms with Gasteiger partial charge in [0.05, 0.1) is 30.2 Å². The highest BCUT2D eigenvalue weighted by Crippen LogP contribution is 2.39. The summed E-state index contributed by atoms with van der Waals surface area (Å²) in [6.07, 6.45) is 0.820. The van der Waals surface area contributed by atoms with E-state index in [1.165, 1.54) is 39.8 Å². The van der Waals surface area contributed by atoms with Crippen LogP contribution in [0.1, 0.15) is 40.6 Å². The minimum absolute atomic E-state index is 0.0723. The number of amides is 2. The standard InChI is InChI=1S/C21H24ClN3O7S3/c1-3-32-21(28)24-10-8-12-14(11-24)33-19(17(12)20(27)31-2)23-18(26)13-5-4-9-25(13)35(29,30)16-7-6-15(22)34-16/h6-7,13H,3-5,8-11H2,1-2H3,(H,23,26). The maximum absolute atomic E-state index is 13.3. The fraction of sp³-hybridized carbons (Fsp3) is 0.476. The van der Waals surface area contributed by atoms with Crippen molar-refractivity contribution in [1.29, 1.82) is 0 Å². The van der Waals surface area contributed by atoms with Crippen LogP contribution in [-0.4, -0.2) is 68.4 Å². The molecule has 0 bridgehead atoms. The van der Waals surface area contributed by atoms with Gasteiger partial charge in [0.2, 0.25) is 5.91 Å². The number of esters is 1. The highest BCUT2D eigenvalue weighted by Gasteiger charge is 2.41. The van der Waals surface area contributed by atoms with Crippen LogP contribution in [0.15, 0.2) is 16.3 Å². The normalized spacial score (nSPS) is 18.3. The molecule has 4 heterocycles. The van der Waals surface area contributed by atoms with Gasteiger partial charge < -0.3 is 19.7 Å². The molecule has 2 aromatic rings. The molecule has 2 aliphatic heterocycles. The first-order chi connectivity index (χ1) is 16.7. The molecule has 4 rings (SSSR count). The quantitative estimate of drug-likeness (QED) is 0.535. The summed E-state index contributed by atoms with van der Waals surface area (Å²) in [6.45, 7) is 2.77. The molecule has 35 heavy (non-hydrogen) atoms. The van der Waals surface area contributed by atoms with Crippen LogP contribution in [0.3, 0.4) is 0 Å². The second-order valence-corrected chi connectivity index (χ2v) is 12.8. The molecule has 1 saturated heterocycles. The zero-order valence-corrected chi connectivity index (χ0v) is 22.2. The number of halogens is 1. The van der Waals surface area contributed by atoms with Crippen LogP contribution in [0.5, 0.6) is 0 Å². The molecular formula is C21H24ClN3O7S3. The lowest BCUT2D eigenvalue weighted by Crippen LogP contribution is -2.42. The molecule has 1 fully saturated rings. The number of thiophene rings is 2. The lowest BCUT2D eigenvalue weighted by Gasteiger charge is -2.26. The Morgan fingerprint density at radius 1 is 1.23 bits per heavy atom. The molecule has 1 atom stereocenters. The van der Waals surface area contributed by atoms with Crippen molar-refractivity contribution < 1.29 is 32.3 Å². The monoisotopic (exact) mass is 561 g/mol. The van der Waals surface area contributed by atoms with E-state index in [1.807, 2.05) is 0 Å². The third-order valence-corrected chi connectivity index (χ3v) is 10.6. The summed E-state index contributed by atoms with van der Waals surface area (Å²) in [7, 11) is -2.65. The molecule has 0 aliphatic carbocycles. The van der Waals surface area contributed by atoms with E-state index in [2.05, 4.69) is 5.32 Å². The fourth-order valence-corrected chi connectivity index (χ4v) is 8.74. The number of carbonyl (C=O) groups excluding carboxylic acids is 3. The van der Waals surface area contributed by atoms with Crippen LogP contribution in [-0.2, 0) is 37.3 Å². The van der Waals surface area contributed by atoms with Gasteiger partial charge in [-0.2, -0.15) is 4.31 Å². The van der Waals surface area contributed by atoms with Gasteiger partial charge in [-0.15, -0.1) is 22.7 Å². The number of nitrogens with zero attached hydrogens (tertiary/aromatic N) is 2. The van der Waals surface area contributed by atoms with Crippen LogP contribution in [0.2, 0.25) is 4.34 Å². The minimum atomic E-state index is -3.90. The zero-order chi connectivity index (χ0) is 25.3. The molecule has 2 aromatic heterocycles. The number of anilines is 1. The van der Waals surface area contributed by atoms with Gasteiger partial charge in [0, 0.05) is 18.0 Å². The Bertz CT molecular complexity index is 1260. The Labute approximate surface area is 215 Å². The maximum atomic E-state index is 13.3. The average molecular weight is 562 g/mol.